The first-order chi connectivity index (χ1) is 8.22. The molecular formula is C12H20O6. The topological polar surface area (TPSA) is 93.1 Å². The lowest BCUT2D eigenvalue weighted by Crippen LogP contribution is -2.57. The van der Waals surface area contributed by atoms with E-state index in [-0.39, 0.29) is 12.8 Å². The molecule has 0 saturated heterocycles. The van der Waals surface area contributed by atoms with Crippen LogP contribution in [0.3, 0.4) is 0 Å². The minimum atomic E-state index is -1.21. The average Bonchev–Trinajstić information content (AvgIpc) is 2.34. The second-order valence-corrected chi connectivity index (χ2v) is 5.26. The molecule has 0 aromatic carbocycles. The van der Waals surface area contributed by atoms with Gasteiger partial charge in [0.2, 0.25) is 0 Å². The van der Waals surface area contributed by atoms with Gasteiger partial charge in [0.25, 0.3) is 0 Å². The predicted molar refractivity (Wildman–Crippen MR) is 61.5 cm³/mol. The molecule has 18 heavy (non-hydrogen) atoms. The van der Waals surface area contributed by atoms with Crippen LogP contribution in [0.5, 0.6) is 0 Å². The molecule has 1 aliphatic carbocycles. The summed E-state index contributed by atoms with van der Waals surface area (Å²) in [4.78, 5) is 23.4. The molecule has 2 N–H and O–H groups in total. The van der Waals surface area contributed by atoms with E-state index in [1.165, 1.54) is 28.1 Å². The highest BCUT2D eigenvalue weighted by Gasteiger charge is 2.57. The molecule has 0 radical (unpaired) electrons. The van der Waals surface area contributed by atoms with E-state index >= 15 is 0 Å². The SMILES string of the molecule is COC(=O)C1(C)CC(O)C(C)(C(=O)OC)CC1O. The first-order valence-electron chi connectivity index (χ1n) is 5.75. The molecule has 1 fully saturated rings. The van der Waals surface area contributed by atoms with Crippen LogP contribution in [0.2, 0.25) is 0 Å². The van der Waals surface area contributed by atoms with Gasteiger partial charge < -0.3 is 19.7 Å². The molecular weight excluding hydrogens is 240 g/mol. The predicted octanol–water partition coefficient (Wildman–Crippen LogP) is -0.139. The summed E-state index contributed by atoms with van der Waals surface area (Å²) in [7, 11) is 2.45. The highest BCUT2D eigenvalue weighted by molar-refractivity contribution is 5.80. The van der Waals surface area contributed by atoms with E-state index in [0.29, 0.717) is 0 Å². The molecule has 0 bridgehead atoms. The third-order valence-electron chi connectivity index (χ3n) is 4.01. The van der Waals surface area contributed by atoms with Gasteiger partial charge in [-0.2, -0.15) is 0 Å². The standard InChI is InChI=1S/C12H20O6/c1-11(9(15)17-3)5-8(14)12(2,6-7(11)13)10(16)18-4/h7-8,13-14H,5-6H2,1-4H3. The number of ether oxygens (including phenoxy) is 2. The first-order valence-corrected chi connectivity index (χ1v) is 5.75. The minimum Gasteiger partial charge on any atom is -0.469 e. The van der Waals surface area contributed by atoms with Crippen molar-refractivity contribution in [3.05, 3.63) is 0 Å². The Hall–Kier alpha value is -1.14. The summed E-state index contributed by atoms with van der Waals surface area (Å²) in [6.45, 7) is 3.03. The molecule has 1 saturated carbocycles. The van der Waals surface area contributed by atoms with Crippen LogP contribution in [0.25, 0.3) is 0 Å². The van der Waals surface area contributed by atoms with E-state index < -0.39 is 35.0 Å². The fourth-order valence-corrected chi connectivity index (χ4v) is 2.43. The molecule has 6 heteroatoms. The van der Waals surface area contributed by atoms with Crippen molar-refractivity contribution in [1.29, 1.82) is 0 Å². The molecule has 0 aromatic rings. The fourth-order valence-electron chi connectivity index (χ4n) is 2.43. The number of aliphatic hydroxyl groups excluding tert-OH is 2. The number of esters is 2. The Morgan fingerprint density at radius 3 is 1.44 bits per heavy atom. The number of methoxy groups -OCH3 is 2. The average molecular weight is 260 g/mol. The fraction of sp³-hybridized carbons (Fsp3) is 0.833. The molecule has 0 aromatic heterocycles. The summed E-state index contributed by atoms with van der Waals surface area (Å²) in [6.07, 6.45) is -2.24. The van der Waals surface area contributed by atoms with Gasteiger partial charge in [-0.3, -0.25) is 9.59 Å². The summed E-state index contributed by atoms with van der Waals surface area (Å²) in [6, 6.07) is 0. The Morgan fingerprint density at radius 2 is 1.22 bits per heavy atom. The number of hydrogen-bond donors (Lipinski definition) is 2. The highest BCUT2D eigenvalue weighted by Crippen LogP contribution is 2.46. The van der Waals surface area contributed by atoms with Crippen LogP contribution in [0.15, 0.2) is 0 Å². The van der Waals surface area contributed by atoms with Crippen LogP contribution in [0.1, 0.15) is 26.7 Å². The van der Waals surface area contributed by atoms with Crippen molar-refractivity contribution in [1.82, 2.24) is 0 Å². The normalized spacial score (nSPS) is 40.1. The van der Waals surface area contributed by atoms with Crippen molar-refractivity contribution in [2.24, 2.45) is 10.8 Å². The molecule has 4 unspecified atom stereocenters. The van der Waals surface area contributed by atoms with E-state index in [1.54, 1.807) is 0 Å². The Balaban J connectivity index is 3.02. The molecule has 6 nitrogen and oxygen atoms in total. The van der Waals surface area contributed by atoms with Crippen molar-refractivity contribution in [2.45, 2.75) is 38.9 Å². The van der Waals surface area contributed by atoms with E-state index in [4.69, 9.17) is 0 Å². The lowest BCUT2D eigenvalue weighted by Gasteiger charge is -2.46. The number of carbonyl (C=O) groups excluding carboxylic acids is 2. The molecule has 104 valence electrons. The van der Waals surface area contributed by atoms with Crippen LogP contribution < -0.4 is 0 Å². The molecule has 0 amide bonds. The van der Waals surface area contributed by atoms with Gasteiger partial charge >= 0.3 is 11.9 Å². The second kappa shape index (κ2) is 4.85. The highest BCUT2D eigenvalue weighted by atomic mass is 16.5. The Bertz CT molecular complexity index is 320. The van der Waals surface area contributed by atoms with Crippen LogP contribution in [0, 0.1) is 10.8 Å². The molecule has 0 heterocycles. The summed E-state index contributed by atoms with van der Waals surface area (Å²) < 4.78 is 9.28. The van der Waals surface area contributed by atoms with Gasteiger partial charge in [0.05, 0.1) is 37.3 Å². The third-order valence-corrected chi connectivity index (χ3v) is 4.01. The molecule has 1 rings (SSSR count). The Kier molecular flexibility index (Phi) is 4.02. The van der Waals surface area contributed by atoms with E-state index in [0.717, 1.165) is 0 Å². The van der Waals surface area contributed by atoms with Crippen molar-refractivity contribution >= 4 is 11.9 Å². The zero-order chi connectivity index (χ0) is 14.1. The minimum absolute atomic E-state index is 0.0492. The van der Waals surface area contributed by atoms with Gasteiger partial charge in [-0.25, -0.2) is 0 Å². The summed E-state index contributed by atoms with van der Waals surface area (Å²) >= 11 is 0. The zero-order valence-corrected chi connectivity index (χ0v) is 11.1. The van der Waals surface area contributed by atoms with Crippen molar-refractivity contribution in [2.75, 3.05) is 14.2 Å². The summed E-state index contributed by atoms with van der Waals surface area (Å²) in [5, 5.41) is 20.2. The van der Waals surface area contributed by atoms with Crippen LogP contribution in [0.4, 0.5) is 0 Å². The number of carbonyl (C=O) groups is 2. The Labute approximate surface area is 106 Å². The molecule has 0 aliphatic heterocycles. The van der Waals surface area contributed by atoms with Crippen LogP contribution in [-0.2, 0) is 19.1 Å². The number of rotatable bonds is 2. The molecule has 1 aliphatic rings. The monoisotopic (exact) mass is 260 g/mol. The van der Waals surface area contributed by atoms with Gasteiger partial charge in [0.1, 0.15) is 0 Å². The van der Waals surface area contributed by atoms with Crippen LogP contribution in [-0.4, -0.2) is 48.6 Å². The van der Waals surface area contributed by atoms with Crippen molar-refractivity contribution in [3.63, 3.8) is 0 Å². The largest absolute Gasteiger partial charge is 0.469 e. The van der Waals surface area contributed by atoms with Gasteiger partial charge in [0, 0.05) is 0 Å². The first kappa shape index (κ1) is 14.9. The van der Waals surface area contributed by atoms with E-state index in [2.05, 4.69) is 9.47 Å². The van der Waals surface area contributed by atoms with E-state index in [1.807, 2.05) is 0 Å². The van der Waals surface area contributed by atoms with E-state index in [9.17, 15) is 19.8 Å². The second-order valence-electron chi connectivity index (χ2n) is 5.26. The number of aliphatic hydroxyl groups is 2. The molecule has 0 spiro atoms. The van der Waals surface area contributed by atoms with Crippen molar-refractivity contribution < 1.29 is 29.3 Å². The van der Waals surface area contributed by atoms with Gasteiger partial charge in [-0.15, -0.1) is 0 Å². The lowest BCUT2D eigenvalue weighted by molar-refractivity contribution is -0.189. The zero-order valence-electron chi connectivity index (χ0n) is 11.1. The summed E-state index contributed by atoms with van der Waals surface area (Å²) in [5.41, 5.74) is -2.41. The third kappa shape index (κ3) is 2.10. The maximum atomic E-state index is 11.7. The maximum Gasteiger partial charge on any atom is 0.314 e. The molecule has 4 atom stereocenters. The van der Waals surface area contributed by atoms with Gasteiger partial charge in [0.15, 0.2) is 0 Å². The van der Waals surface area contributed by atoms with Crippen molar-refractivity contribution in [3.8, 4) is 0 Å². The smallest absolute Gasteiger partial charge is 0.314 e. The maximum absolute atomic E-state index is 11.7. The number of hydrogen-bond acceptors (Lipinski definition) is 6. The van der Waals surface area contributed by atoms with Gasteiger partial charge in [-0.1, -0.05) is 0 Å². The lowest BCUT2D eigenvalue weighted by atomic mass is 9.61. The Morgan fingerprint density at radius 1 is 0.944 bits per heavy atom. The quantitative estimate of drug-likeness (QED) is 0.671. The summed E-state index contributed by atoms with van der Waals surface area (Å²) in [5.74, 6) is -1.19. The van der Waals surface area contributed by atoms with Crippen LogP contribution >= 0.6 is 0 Å². The van der Waals surface area contributed by atoms with Gasteiger partial charge in [-0.05, 0) is 26.7 Å².